The van der Waals surface area contributed by atoms with E-state index in [-0.39, 0.29) is 50.1 Å². The van der Waals surface area contributed by atoms with Crippen LogP contribution in [0.4, 0.5) is 13.2 Å². The maximum Gasteiger partial charge on any atom is 0.254 e. The van der Waals surface area contributed by atoms with Gasteiger partial charge in [0.1, 0.15) is 0 Å². The lowest BCUT2D eigenvalue weighted by atomic mass is 10.0. The Balaban J connectivity index is 1.27. The summed E-state index contributed by atoms with van der Waals surface area (Å²) in [5.74, 6) is -5.86. The van der Waals surface area contributed by atoms with E-state index in [9.17, 15) is 27.6 Å². The van der Waals surface area contributed by atoms with Crippen LogP contribution in [-0.4, -0.2) is 60.2 Å². The molecular formula is C26H22F3N3O3. The highest BCUT2D eigenvalue weighted by Crippen LogP contribution is 2.19. The number of piperazine rings is 1. The lowest BCUT2D eigenvalue weighted by molar-refractivity contribution is -0.131. The van der Waals surface area contributed by atoms with Crippen molar-refractivity contribution in [3.63, 3.8) is 0 Å². The van der Waals surface area contributed by atoms with E-state index in [1.807, 2.05) is 42.5 Å². The summed E-state index contributed by atoms with van der Waals surface area (Å²) in [5, 5.41) is 2.60. The first-order valence-corrected chi connectivity index (χ1v) is 11.0. The molecule has 3 amide bonds. The lowest BCUT2D eigenvalue weighted by Gasteiger charge is -2.34. The molecule has 0 unspecified atom stereocenters. The van der Waals surface area contributed by atoms with Gasteiger partial charge in [-0.2, -0.15) is 0 Å². The minimum atomic E-state index is -1.63. The Labute approximate surface area is 200 Å². The number of halogens is 3. The number of carbonyl (C=O) groups excluding carboxylic acids is 3. The Morgan fingerprint density at radius 2 is 1.26 bits per heavy atom. The summed E-state index contributed by atoms with van der Waals surface area (Å²) in [6, 6.07) is 18.1. The second-order valence-corrected chi connectivity index (χ2v) is 8.05. The molecule has 35 heavy (non-hydrogen) atoms. The number of rotatable bonds is 5. The van der Waals surface area contributed by atoms with Crippen molar-refractivity contribution in [1.29, 1.82) is 0 Å². The Morgan fingerprint density at radius 3 is 1.86 bits per heavy atom. The fourth-order valence-electron chi connectivity index (χ4n) is 3.83. The SMILES string of the molecule is O=C(NCC(=O)N1CCN(C(=O)c2cc(F)c(F)c(F)c2)CC1)c1ccc(-c2ccccc2)cc1. The number of carbonyl (C=O) groups is 3. The molecule has 0 atom stereocenters. The molecule has 0 bridgehead atoms. The van der Waals surface area contributed by atoms with Crippen molar-refractivity contribution in [3.05, 3.63) is 95.3 Å². The van der Waals surface area contributed by atoms with E-state index in [1.54, 1.807) is 12.1 Å². The number of nitrogens with one attached hydrogen (secondary N) is 1. The number of nitrogens with zero attached hydrogens (tertiary/aromatic N) is 2. The predicted octanol–water partition coefficient (Wildman–Crippen LogP) is 3.49. The average molecular weight is 481 g/mol. The molecule has 6 nitrogen and oxygen atoms in total. The summed E-state index contributed by atoms with van der Waals surface area (Å²) < 4.78 is 40.0. The van der Waals surface area contributed by atoms with Crippen molar-refractivity contribution in [3.8, 4) is 11.1 Å². The van der Waals surface area contributed by atoms with Crippen LogP contribution in [-0.2, 0) is 4.79 Å². The summed E-state index contributed by atoms with van der Waals surface area (Å²) >= 11 is 0. The van der Waals surface area contributed by atoms with Crippen LogP contribution < -0.4 is 5.32 Å². The number of amides is 3. The van der Waals surface area contributed by atoms with E-state index >= 15 is 0 Å². The molecule has 0 radical (unpaired) electrons. The van der Waals surface area contributed by atoms with Crippen LogP contribution in [0, 0.1) is 17.5 Å². The van der Waals surface area contributed by atoms with E-state index < -0.39 is 23.4 Å². The molecule has 0 aromatic heterocycles. The number of hydrogen-bond acceptors (Lipinski definition) is 3. The molecule has 180 valence electrons. The zero-order chi connectivity index (χ0) is 24.9. The molecule has 1 aliphatic rings. The van der Waals surface area contributed by atoms with Crippen molar-refractivity contribution in [2.45, 2.75) is 0 Å². The van der Waals surface area contributed by atoms with Crippen LogP contribution in [0.5, 0.6) is 0 Å². The molecule has 1 fully saturated rings. The zero-order valence-electron chi connectivity index (χ0n) is 18.6. The van der Waals surface area contributed by atoms with Gasteiger partial charge in [0.25, 0.3) is 11.8 Å². The van der Waals surface area contributed by atoms with Crippen LogP contribution in [0.3, 0.4) is 0 Å². The van der Waals surface area contributed by atoms with Gasteiger partial charge in [-0.1, -0.05) is 42.5 Å². The predicted molar refractivity (Wildman–Crippen MR) is 123 cm³/mol. The summed E-state index contributed by atoms with van der Waals surface area (Å²) in [7, 11) is 0. The van der Waals surface area contributed by atoms with Gasteiger partial charge in [-0.25, -0.2) is 13.2 Å². The quantitative estimate of drug-likeness (QED) is 0.568. The lowest BCUT2D eigenvalue weighted by Crippen LogP contribution is -2.52. The third kappa shape index (κ3) is 5.51. The van der Waals surface area contributed by atoms with Crippen LogP contribution >= 0.6 is 0 Å². The highest BCUT2D eigenvalue weighted by molar-refractivity contribution is 5.97. The summed E-state index contributed by atoms with van der Waals surface area (Å²) in [5.41, 5.74) is 2.12. The monoisotopic (exact) mass is 481 g/mol. The molecule has 4 rings (SSSR count). The Bertz CT molecular complexity index is 1220. The van der Waals surface area contributed by atoms with Gasteiger partial charge in [-0.05, 0) is 35.4 Å². The first-order chi connectivity index (χ1) is 16.8. The molecule has 3 aromatic rings. The molecule has 0 spiro atoms. The maximum absolute atomic E-state index is 13.4. The Kier molecular flexibility index (Phi) is 7.14. The van der Waals surface area contributed by atoms with Crippen LogP contribution in [0.25, 0.3) is 11.1 Å². The molecule has 1 heterocycles. The van der Waals surface area contributed by atoms with Crippen molar-refractivity contribution in [2.24, 2.45) is 0 Å². The number of hydrogen-bond donors (Lipinski definition) is 1. The molecule has 0 saturated carbocycles. The molecule has 1 N–H and O–H groups in total. The molecule has 3 aromatic carbocycles. The standard InChI is InChI=1S/C26H22F3N3O3/c27-21-14-20(15-22(28)24(21)29)26(35)32-12-10-31(11-13-32)23(33)16-30-25(34)19-8-6-18(7-9-19)17-4-2-1-3-5-17/h1-9,14-15H,10-13,16H2,(H,30,34). The largest absolute Gasteiger partial charge is 0.343 e. The Hall–Kier alpha value is -4.14. The van der Waals surface area contributed by atoms with Crippen molar-refractivity contribution < 1.29 is 27.6 Å². The molecular weight excluding hydrogens is 459 g/mol. The fourth-order valence-corrected chi connectivity index (χ4v) is 3.83. The second-order valence-electron chi connectivity index (χ2n) is 8.05. The van der Waals surface area contributed by atoms with Gasteiger partial charge in [-0.15, -0.1) is 0 Å². The molecule has 9 heteroatoms. The zero-order valence-corrected chi connectivity index (χ0v) is 18.6. The van der Waals surface area contributed by atoms with Crippen molar-refractivity contribution >= 4 is 17.7 Å². The number of benzene rings is 3. The van der Waals surface area contributed by atoms with Gasteiger partial charge < -0.3 is 15.1 Å². The van der Waals surface area contributed by atoms with E-state index in [4.69, 9.17) is 0 Å². The molecule has 1 saturated heterocycles. The summed E-state index contributed by atoms with van der Waals surface area (Å²) in [6.07, 6.45) is 0. The first-order valence-electron chi connectivity index (χ1n) is 11.0. The van der Waals surface area contributed by atoms with E-state index in [0.29, 0.717) is 17.7 Å². The van der Waals surface area contributed by atoms with Crippen molar-refractivity contribution in [1.82, 2.24) is 15.1 Å². The average Bonchev–Trinajstić information content (AvgIpc) is 2.90. The van der Waals surface area contributed by atoms with Gasteiger partial charge in [0.15, 0.2) is 17.5 Å². The summed E-state index contributed by atoms with van der Waals surface area (Å²) in [4.78, 5) is 40.3. The second kappa shape index (κ2) is 10.4. The first kappa shape index (κ1) is 24.0. The normalized spacial score (nSPS) is 13.5. The molecule has 1 aliphatic heterocycles. The van der Waals surface area contributed by atoms with Gasteiger partial charge in [-0.3, -0.25) is 14.4 Å². The topological polar surface area (TPSA) is 69.7 Å². The highest BCUT2D eigenvalue weighted by atomic mass is 19.2. The van der Waals surface area contributed by atoms with Gasteiger partial charge in [0.05, 0.1) is 6.54 Å². The van der Waals surface area contributed by atoms with Gasteiger partial charge in [0, 0.05) is 37.3 Å². The minimum Gasteiger partial charge on any atom is -0.343 e. The third-order valence-electron chi connectivity index (χ3n) is 5.80. The smallest absolute Gasteiger partial charge is 0.254 e. The fraction of sp³-hybridized carbons (Fsp3) is 0.192. The Morgan fingerprint density at radius 1 is 0.714 bits per heavy atom. The van der Waals surface area contributed by atoms with Crippen molar-refractivity contribution in [2.75, 3.05) is 32.7 Å². The highest BCUT2D eigenvalue weighted by Gasteiger charge is 2.26. The summed E-state index contributed by atoms with van der Waals surface area (Å²) in [6.45, 7) is 0.457. The van der Waals surface area contributed by atoms with Crippen LogP contribution in [0.15, 0.2) is 66.7 Å². The maximum atomic E-state index is 13.4. The van der Waals surface area contributed by atoms with Gasteiger partial charge >= 0.3 is 0 Å². The van der Waals surface area contributed by atoms with E-state index in [1.165, 1.54) is 9.80 Å². The van der Waals surface area contributed by atoms with Gasteiger partial charge in [0.2, 0.25) is 5.91 Å². The minimum absolute atomic E-state index is 0.139. The van der Waals surface area contributed by atoms with E-state index in [2.05, 4.69) is 5.32 Å². The van der Waals surface area contributed by atoms with Crippen LogP contribution in [0.2, 0.25) is 0 Å². The van der Waals surface area contributed by atoms with E-state index in [0.717, 1.165) is 11.1 Å². The molecule has 0 aliphatic carbocycles. The third-order valence-corrected chi connectivity index (χ3v) is 5.80. The van der Waals surface area contributed by atoms with Crippen LogP contribution in [0.1, 0.15) is 20.7 Å².